The van der Waals surface area contributed by atoms with Crippen LogP contribution < -0.4 is 5.73 Å². The normalized spacial score (nSPS) is 12.9. The Morgan fingerprint density at radius 1 is 1.00 bits per heavy atom. The maximum Gasteiger partial charge on any atom is 0.0477 e. The average Bonchev–Trinajstić information content (AvgIpc) is 1.99. The SMILES string of the molecule is CC(C)(C)c1cc(N)c(C(C)(C)C)cn1. The predicted octanol–water partition coefficient (Wildman–Crippen LogP) is 3.26. The van der Waals surface area contributed by atoms with E-state index in [4.69, 9.17) is 5.73 Å². The molecule has 0 saturated carbocycles. The molecular weight excluding hydrogens is 184 g/mol. The number of nitrogens with two attached hydrogens (primary N) is 1. The predicted molar refractivity (Wildman–Crippen MR) is 66.0 cm³/mol. The van der Waals surface area contributed by atoms with E-state index in [0.717, 1.165) is 16.9 Å². The van der Waals surface area contributed by atoms with Crippen molar-refractivity contribution in [3.63, 3.8) is 0 Å². The van der Waals surface area contributed by atoms with Gasteiger partial charge in [-0.3, -0.25) is 4.98 Å². The lowest BCUT2D eigenvalue weighted by Gasteiger charge is -2.24. The first kappa shape index (κ1) is 12.0. The van der Waals surface area contributed by atoms with Crippen LogP contribution in [-0.4, -0.2) is 4.98 Å². The zero-order valence-electron chi connectivity index (χ0n) is 10.7. The molecule has 0 aliphatic heterocycles. The van der Waals surface area contributed by atoms with E-state index >= 15 is 0 Å². The summed E-state index contributed by atoms with van der Waals surface area (Å²) in [6.07, 6.45) is 1.91. The van der Waals surface area contributed by atoms with Crippen LogP contribution in [0.15, 0.2) is 12.3 Å². The van der Waals surface area contributed by atoms with E-state index in [1.54, 1.807) is 0 Å². The first-order valence-electron chi connectivity index (χ1n) is 5.39. The first-order chi connectivity index (χ1) is 6.62. The molecule has 1 aromatic rings. The van der Waals surface area contributed by atoms with Crippen molar-refractivity contribution in [3.05, 3.63) is 23.5 Å². The van der Waals surface area contributed by atoms with Crippen molar-refractivity contribution in [2.24, 2.45) is 0 Å². The number of nitrogen functional groups attached to an aromatic ring is 1. The lowest BCUT2D eigenvalue weighted by atomic mass is 9.85. The highest BCUT2D eigenvalue weighted by Crippen LogP contribution is 2.30. The zero-order valence-corrected chi connectivity index (χ0v) is 10.7. The molecule has 0 amide bonds. The summed E-state index contributed by atoms with van der Waals surface area (Å²) in [5, 5.41) is 0. The smallest absolute Gasteiger partial charge is 0.0477 e. The lowest BCUT2D eigenvalue weighted by Crippen LogP contribution is -2.18. The Kier molecular flexibility index (Phi) is 2.81. The molecule has 84 valence electrons. The van der Waals surface area contributed by atoms with Crippen LogP contribution >= 0.6 is 0 Å². The van der Waals surface area contributed by atoms with Crippen molar-refractivity contribution < 1.29 is 0 Å². The van der Waals surface area contributed by atoms with Gasteiger partial charge in [0, 0.05) is 23.0 Å². The second-order valence-corrected chi connectivity index (χ2v) is 6.16. The van der Waals surface area contributed by atoms with Gasteiger partial charge in [0.15, 0.2) is 0 Å². The van der Waals surface area contributed by atoms with Gasteiger partial charge in [-0.25, -0.2) is 0 Å². The Balaban J connectivity index is 3.21. The third-order valence-electron chi connectivity index (χ3n) is 2.51. The van der Waals surface area contributed by atoms with Crippen LogP contribution in [0.3, 0.4) is 0 Å². The molecule has 2 heteroatoms. The molecule has 0 radical (unpaired) electrons. The van der Waals surface area contributed by atoms with Crippen LogP contribution in [0.2, 0.25) is 0 Å². The largest absolute Gasteiger partial charge is 0.398 e. The Hall–Kier alpha value is -1.05. The van der Waals surface area contributed by atoms with Crippen molar-refractivity contribution in [2.75, 3.05) is 5.73 Å². The minimum absolute atomic E-state index is 0.0601. The third-order valence-corrected chi connectivity index (χ3v) is 2.51. The fourth-order valence-electron chi connectivity index (χ4n) is 1.51. The molecule has 0 aromatic carbocycles. The molecule has 15 heavy (non-hydrogen) atoms. The number of aromatic nitrogens is 1. The molecule has 1 aromatic heterocycles. The van der Waals surface area contributed by atoms with Gasteiger partial charge in [0.1, 0.15) is 0 Å². The van der Waals surface area contributed by atoms with Crippen LogP contribution in [-0.2, 0) is 10.8 Å². The van der Waals surface area contributed by atoms with Gasteiger partial charge in [0.25, 0.3) is 0 Å². The highest BCUT2D eigenvalue weighted by molar-refractivity contribution is 5.50. The van der Waals surface area contributed by atoms with Crippen LogP contribution in [0.25, 0.3) is 0 Å². The summed E-state index contributed by atoms with van der Waals surface area (Å²) < 4.78 is 0. The van der Waals surface area contributed by atoms with Crippen molar-refractivity contribution in [3.8, 4) is 0 Å². The molecule has 0 spiro atoms. The van der Waals surface area contributed by atoms with Crippen LogP contribution in [0.5, 0.6) is 0 Å². The minimum atomic E-state index is 0.0601. The molecule has 1 heterocycles. The van der Waals surface area contributed by atoms with E-state index < -0.39 is 0 Å². The van der Waals surface area contributed by atoms with Gasteiger partial charge in [0.05, 0.1) is 0 Å². The molecule has 0 bridgehead atoms. The summed E-state index contributed by atoms with van der Waals surface area (Å²) in [6, 6.07) is 2.00. The summed E-state index contributed by atoms with van der Waals surface area (Å²) >= 11 is 0. The lowest BCUT2D eigenvalue weighted by molar-refractivity contribution is 0.558. The Labute approximate surface area is 92.9 Å². The zero-order chi connectivity index (χ0) is 11.9. The molecule has 0 unspecified atom stereocenters. The molecule has 2 N–H and O–H groups in total. The molecule has 2 nitrogen and oxygen atoms in total. The average molecular weight is 206 g/mol. The number of nitrogens with zero attached hydrogens (tertiary/aromatic N) is 1. The molecule has 0 aliphatic rings. The van der Waals surface area contributed by atoms with Gasteiger partial charge in [-0.2, -0.15) is 0 Å². The van der Waals surface area contributed by atoms with Gasteiger partial charge < -0.3 is 5.73 Å². The summed E-state index contributed by atoms with van der Waals surface area (Å²) in [7, 11) is 0. The summed E-state index contributed by atoms with van der Waals surface area (Å²) in [6.45, 7) is 12.9. The Bertz CT molecular complexity index is 354. The molecule has 0 fully saturated rings. The third kappa shape index (κ3) is 2.71. The van der Waals surface area contributed by atoms with E-state index in [9.17, 15) is 0 Å². The number of rotatable bonds is 0. The first-order valence-corrected chi connectivity index (χ1v) is 5.39. The second kappa shape index (κ2) is 3.51. The highest BCUT2D eigenvalue weighted by atomic mass is 14.7. The second-order valence-electron chi connectivity index (χ2n) is 6.16. The van der Waals surface area contributed by atoms with Crippen LogP contribution in [0, 0.1) is 0 Å². The molecule has 0 saturated heterocycles. The fourth-order valence-corrected chi connectivity index (χ4v) is 1.51. The molecule has 0 aliphatic carbocycles. The highest BCUT2D eigenvalue weighted by Gasteiger charge is 2.21. The number of hydrogen-bond acceptors (Lipinski definition) is 2. The topological polar surface area (TPSA) is 38.9 Å². The monoisotopic (exact) mass is 206 g/mol. The van der Waals surface area contributed by atoms with Gasteiger partial charge >= 0.3 is 0 Å². The summed E-state index contributed by atoms with van der Waals surface area (Å²) in [5.74, 6) is 0. The van der Waals surface area contributed by atoms with E-state index in [-0.39, 0.29) is 10.8 Å². The van der Waals surface area contributed by atoms with Gasteiger partial charge in [-0.1, -0.05) is 41.5 Å². The number of hydrogen-bond donors (Lipinski definition) is 1. The van der Waals surface area contributed by atoms with Crippen molar-refractivity contribution in [1.29, 1.82) is 0 Å². The van der Waals surface area contributed by atoms with E-state index in [2.05, 4.69) is 46.5 Å². The van der Waals surface area contributed by atoms with Crippen LogP contribution in [0.1, 0.15) is 52.8 Å². The van der Waals surface area contributed by atoms with E-state index in [0.29, 0.717) is 0 Å². The minimum Gasteiger partial charge on any atom is -0.398 e. The molecular formula is C13H22N2. The molecule has 1 rings (SSSR count). The van der Waals surface area contributed by atoms with Crippen molar-refractivity contribution in [2.45, 2.75) is 52.4 Å². The fraction of sp³-hybridized carbons (Fsp3) is 0.615. The van der Waals surface area contributed by atoms with E-state index in [1.807, 2.05) is 12.3 Å². The number of pyridine rings is 1. The standard InChI is InChI=1S/C13H22N2/c1-12(2,3)9-8-15-11(7-10(9)14)13(4,5)6/h7-8H,1-6H3,(H2,14,15). The number of anilines is 1. The van der Waals surface area contributed by atoms with Crippen LogP contribution in [0.4, 0.5) is 5.69 Å². The quantitative estimate of drug-likeness (QED) is 0.707. The van der Waals surface area contributed by atoms with Gasteiger partial charge in [-0.15, -0.1) is 0 Å². The van der Waals surface area contributed by atoms with Crippen molar-refractivity contribution in [1.82, 2.24) is 4.98 Å². The van der Waals surface area contributed by atoms with Gasteiger partial charge in [0.2, 0.25) is 0 Å². The Morgan fingerprint density at radius 3 is 1.87 bits per heavy atom. The van der Waals surface area contributed by atoms with Crippen molar-refractivity contribution >= 4 is 5.69 Å². The maximum atomic E-state index is 6.06. The summed E-state index contributed by atoms with van der Waals surface area (Å²) in [4.78, 5) is 4.50. The van der Waals surface area contributed by atoms with E-state index in [1.165, 1.54) is 0 Å². The Morgan fingerprint density at radius 2 is 1.53 bits per heavy atom. The maximum absolute atomic E-state index is 6.06. The van der Waals surface area contributed by atoms with Gasteiger partial charge in [-0.05, 0) is 17.0 Å². The summed E-state index contributed by atoms with van der Waals surface area (Å²) in [5.41, 5.74) is 9.21. The molecule has 0 atom stereocenters.